The molecule has 1 atom stereocenters. The van der Waals surface area contributed by atoms with Crippen LogP contribution in [0.1, 0.15) is 19.3 Å². The number of primary amides is 1. The number of carbonyl (C=O) groups excluding carboxylic acids is 1. The molecule has 3 N–H and O–H groups in total. The molecule has 1 aliphatic heterocycles. The van der Waals surface area contributed by atoms with Crippen LogP contribution in [0.25, 0.3) is 0 Å². The van der Waals surface area contributed by atoms with Gasteiger partial charge in [-0.15, -0.1) is 0 Å². The maximum absolute atomic E-state index is 11.0. The summed E-state index contributed by atoms with van der Waals surface area (Å²) < 4.78 is 0.893. The quantitative estimate of drug-likeness (QED) is 0.874. The van der Waals surface area contributed by atoms with E-state index in [1.54, 1.807) is 12.4 Å². The second kappa shape index (κ2) is 5.24. The number of anilines is 1. The number of hydrogen-bond acceptors (Lipinski definition) is 4. The van der Waals surface area contributed by atoms with Crippen molar-refractivity contribution in [3.63, 3.8) is 0 Å². The molecule has 1 fully saturated rings. The molecule has 1 amide bonds. The van der Waals surface area contributed by atoms with E-state index in [1.165, 1.54) is 0 Å². The molecule has 1 aliphatic rings. The summed E-state index contributed by atoms with van der Waals surface area (Å²) in [5.41, 5.74) is 5.10. The first-order valence-corrected chi connectivity index (χ1v) is 6.64. The van der Waals surface area contributed by atoms with Gasteiger partial charge in [0.2, 0.25) is 5.91 Å². The Bertz CT molecular complexity index is 455. The maximum atomic E-state index is 11.0. The molecule has 0 radical (unpaired) electrons. The van der Waals surface area contributed by atoms with Gasteiger partial charge in [-0.25, -0.2) is 0 Å². The van der Waals surface area contributed by atoms with Crippen molar-refractivity contribution in [2.45, 2.75) is 24.9 Å². The highest BCUT2D eigenvalue weighted by Crippen LogP contribution is 2.28. The Morgan fingerprint density at radius 3 is 3.06 bits per heavy atom. The number of piperidine rings is 1. The van der Waals surface area contributed by atoms with Crippen molar-refractivity contribution in [3.05, 3.63) is 22.9 Å². The third kappa shape index (κ3) is 3.20. The van der Waals surface area contributed by atoms with Crippen LogP contribution in [0.15, 0.2) is 22.9 Å². The number of aliphatic hydroxyl groups is 1. The van der Waals surface area contributed by atoms with E-state index in [2.05, 4.69) is 20.9 Å². The molecule has 1 saturated heterocycles. The number of nitrogens with zero attached hydrogens (tertiary/aromatic N) is 2. The van der Waals surface area contributed by atoms with Crippen molar-refractivity contribution in [2.75, 3.05) is 18.0 Å². The van der Waals surface area contributed by atoms with Gasteiger partial charge < -0.3 is 15.7 Å². The highest BCUT2D eigenvalue weighted by molar-refractivity contribution is 9.10. The predicted octanol–water partition coefficient (Wildman–Crippen LogP) is 1.05. The lowest BCUT2D eigenvalue weighted by atomic mass is 9.89. The minimum atomic E-state index is -1.02. The number of amides is 1. The number of rotatable bonds is 3. The van der Waals surface area contributed by atoms with Crippen molar-refractivity contribution in [3.8, 4) is 0 Å². The smallest absolute Gasteiger partial charge is 0.220 e. The van der Waals surface area contributed by atoms with E-state index in [-0.39, 0.29) is 6.42 Å². The van der Waals surface area contributed by atoms with E-state index < -0.39 is 11.5 Å². The summed E-state index contributed by atoms with van der Waals surface area (Å²) in [6.45, 7) is 1.26. The zero-order valence-electron chi connectivity index (χ0n) is 9.97. The number of halogens is 1. The summed E-state index contributed by atoms with van der Waals surface area (Å²) in [7, 11) is 0. The molecule has 0 aromatic carbocycles. The summed E-state index contributed by atoms with van der Waals surface area (Å²) in [4.78, 5) is 17.1. The minimum Gasteiger partial charge on any atom is -0.388 e. The van der Waals surface area contributed by atoms with E-state index in [4.69, 9.17) is 5.73 Å². The lowest BCUT2D eigenvalue weighted by Crippen LogP contribution is -2.50. The van der Waals surface area contributed by atoms with E-state index in [9.17, 15) is 9.90 Å². The van der Waals surface area contributed by atoms with Gasteiger partial charge >= 0.3 is 0 Å². The van der Waals surface area contributed by atoms with Gasteiger partial charge in [0.1, 0.15) is 0 Å². The van der Waals surface area contributed by atoms with Gasteiger partial charge in [0.15, 0.2) is 0 Å². The molecule has 6 heteroatoms. The van der Waals surface area contributed by atoms with Crippen molar-refractivity contribution < 1.29 is 9.90 Å². The molecule has 1 aromatic heterocycles. The third-order valence-corrected chi connectivity index (χ3v) is 3.55. The fraction of sp³-hybridized carbons (Fsp3) is 0.500. The normalized spacial score (nSPS) is 24.0. The number of β-amino-alcohol motifs (C(OH)–C–C–N with tert-alkyl or cyclic N) is 1. The molecule has 0 spiro atoms. The van der Waals surface area contributed by atoms with Gasteiger partial charge in [0.25, 0.3) is 0 Å². The summed E-state index contributed by atoms with van der Waals surface area (Å²) in [5, 5.41) is 10.4. The van der Waals surface area contributed by atoms with Gasteiger partial charge in [-0.2, -0.15) is 0 Å². The Balaban J connectivity index is 2.13. The number of hydrogen-bond donors (Lipinski definition) is 2. The summed E-state index contributed by atoms with van der Waals surface area (Å²) in [6.07, 6.45) is 4.90. The minimum absolute atomic E-state index is 0.00489. The Labute approximate surface area is 114 Å². The van der Waals surface area contributed by atoms with Gasteiger partial charge in [0, 0.05) is 23.8 Å². The van der Waals surface area contributed by atoms with Crippen LogP contribution in [0.2, 0.25) is 0 Å². The zero-order chi connectivity index (χ0) is 13.2. The summed E-state index contributed by atoms with van der Waals surface area (Å²) in [6, 6.07) is 1.95. The zero-order valence-corrected chi connectivity index (χ0v) is 11.6. The first-order valence-electron chi connectivity index (χ1n) is 5.85. The van der Waals surface area contributed by atoms with Crippen LogP contribution in [0.4, 0.5) is 5.69 Å². The van der Waals surface area contributed by atoms with Crippen LogP contribution in [0.5, 0.6) is 0 Å². The maximum Gasteiger partial charge on any atom is 0.220 e. The van der Waals surface area contributed by atoms with E-state index in [0.717, 1.165) is 23.1 Å². The average molecular weight is 314 g/mol. The van der Waals surface area contributed by atoms with E-state index >= 15 is 0 Å². The Morgan fingerprint density at radius 1 is 1.61 bits per heavy atom. The predicted molar refractivity (Wildman–Crippen MR) is 72.1 cm³/mol. The average Bonchev–Trinajstić information content (AvgIpc) is 2.27. The fourth-order valence-electron chi connectivity index (χ4n) is 2.37. The van der Waals surface area contributed by atoms with E-state index in [1.807, 2.05) is 11.0 Å². The lowest BCUT2D eigenvalue weighted by Gasteiger charge is -2.39. The van der Waals surface area contributed by atoms with Gasteiger partial charge in [-0.3, -0.25) is 9.78 Å². The largest absolute Gasteiger partial charge is 0.388 e. The molecule has 0 saturated carbocycles. The van der Waals surface area contributed by atoms with Crippen LogP contribution >= 0.6 is 15.9 Å². The summed E-state index contributed by atoms with van der Waals surface area (Å²) >= 11 is 3.37. The molecule has 2 rings (SSSR count). The summed E-state index contributed by atoms with van der Waals surface area (Å²) in [5.74, 6) is -0.466. The van der Waals surface area contributed by atoms with Crippen molar-refractivity contribution >= 4 is 27.5 Å². The van der Waals surface area contributed by atoms with Crippen molar-refractivity contribution in [1.29, 1.82) is 0 Å². The molecule has 0 bridgehead atoms. The molecule has 1 aromatic rings. The SMILES string of the molecule is NC(=O)CC1(O)CCCN(c2cncc(Br)c2)C1. The monoisotopic (exact) mass is 313 g/mol. The third-order valence-electron chi connectivity index (χ3n) is 3.11. The highest BCUT2D eigenvalue weighted by Gasteiger charge is 2.34. The first kappa shape index (κ1) is 13.3. The molecule has 18 heavy (non-hydrogen) atoms. The second-order valence-corrected chi connectivity index (χ2v) is 5.67. The standard InChI is InChI=1S/C12H16BrN3O2/c13-9-4-10(7-15-6-9)16-3-1-2-12(18,8-16)5-11(14)17/h4,6-7,18H,1-3,5,8H2,(H2,14,17). The molecular formula is C12H16BrN3O2. The van der Waals surface area contributed by atoms with Crippen LogP contribution in [0.3, 0.4) is 0 Å². The molecular weight excluding hydrogens is 298 g/mol. The van der Waals surface area contributed by atoms with Crippen LogP contribution in [-0.2, 0) is 4.79 Å². The Kier molecular flexibility index (Phi) is 3.87. The molecule has 2 heterocycles. The molecule has 98 valence electrons. The first-order chi connectivity index (χ1) is 8.48. The number of aromatic nitrogens is 1. The van der Waals surface area contributed by atoms with E-state index in [0.29, 0.717) is 13.0 Å². The fourth-order valence-corrected chi connectivity index (χ4v) is 2.73. The Hall–Kier alpha value is -1.14. The number of pyridine rings is 1. The van der Waals surface area contributed by atoms with Crippen LogP contribution < -0.4 is 10.6 Å². The van der Waals surface area contributed by atoms with Crippen molar-refractivity contribution in [2.24, 2.45) is 5.73 Å². The van der Waals surface area contributed by atoms with Gasteiger partial charge in [-0.05, 0) is 34.8 Å². The van der Waals surface area contributed by atoms with Crippen LogP contribution in [-0.4, -0.2) is 34.7 Å². The number of nitrogens with two attached hydrogens (primary N) is 1. The van der Waals surface area contributed by atoms with Crippen molar-refractivity contribution in [1.82, 2.24) is 4.98 Å². The lowest BCUT2D eigenvalue weighted by molar-refractivity contribution is -0.123. The molecule has 5 nitrogen and oxygen atoms in total. The highest BCUT2D eigenvalue weighted by atomic mass is 79.9. The topological polar surface area (TPSA) is 79.5 Å². The second-order valence-electron chi connectivity index (χ2n) is 4.75. The van der Waals surface area contributed by atoms with Gasteiger partial charge in [0.05, 0.1) is 23.9 Å². The Morgan fingerprint density at radius 2 is 2.39 bits per heavy atom. The van der Waals surface area contributed by atoms with Crippen LogP contribution in [0, 0.1) is 0 Å². The van der Waals surface area contributed by atoms with Gasteiger partial charge in [-0.1, -0.05) is 0 Å². The number of carbonyl (C=O) groups is 1. The molecule has 0 aliphatic carbocycles. The molecule has 1 unspecified atom stereocenters.